The number of pyridine rings is 1. The second-order valence-corrected chi connectivity index (χ2v) is 11.2. The number of nitrogens with zero attached hydrogens (tertiary/aromatic N) is 5. The highest BCUT2D eigenvalue weighted by molar-refractivity contribution is 6.41. The van der Waals surface area contributed by atoms with Crippen LogP contribution in [0.3, 0.4) is 0 Å². The molecule has 0 bridgehead atoms. The van der Waals surface area contributed by atoms with Crippen LogP contribution in [0.4, 0.5) is 5.95 Å². The summed E-state index contributed by atoms with van der Waals surface area (Å²) in [6, 6.07) is 3.47. The summed E-state index contributed by atoms with van der Waals surface area (Å²) in [5, 5.41) is 4.19. The van der Waals surface area contributed by atoms with E-state index in [0.717, 1.165) is 12.8 Å². The van der Waals surface area contributed by atoms with Gasteiger partial charge in [-0.05, 0) is 25.5 Å². The normalized spacial score (nSPS) is 13.3. The van der Waals surface area contributed by atoms with E-state index in [1.54, 1.807) is 34.9 Å². The molecule has 0 aliphatic carbocycles. The van der Waals surface area contributed by atoms with Crippen molar-refractivity contribution in [3.05, 3.63) is 51.4 Å². The SMILES string of the molecule is C=CC(=O)N1CC(N(CCOC)CCn2c(=O)c(-c3c(Cl)c(OC)cc(OCCCC)c3Cl)cc3cnc(NCC)nc32)C1. The lowest BCUT2D eigenvalue weighted by Crippen LogP contribution is -2.61. The van der Waals surface area contributed by atoms with Crippen LogP contribution in [0, 0.1) is 0 Å². The largest absolute Gasteiger partial charge is 0.495 e. The molecule has 0 spiro atoms. The molecule has 4 rings (SSSR count). The fourth-order valence-corrected chi connectivity index (χ4v) is 5.78. The first-order valence-electron chi connectivity index (χ1n) is 14.8. The number of ether oxygens (including phenoxy) is 3. The van der Waals surface area contributed by atoms with Crippen LogP contribution in [0.2, 0.25) is 10.0 Å². The number of carbonyl (C=O) groups excluding carboxylic acids is 1. The first-order chi connectivity index (χ1) is 21.3. The lowest BCUT2D eigenvalue weighted by molar-refractivity contribution is -0.133. The molecule has 44 heavy (non-hydrogen) atoms. The van der Waals surface area contributed by atoms with E-state index in [1.807, 2.05) is 6.92 Å². The summed E-state index contributed by atoms with van der Waals surface area (Å²) in [5.74, 6) is 1.05. The Morgan fingerprint density at radius 2 is 1.91 bits per heavy atom. The lowest BCUT2D eigenvalue weighted by atomic mass is 10.0. The molecule has 13 heteroatoms. The summed E-state index contributed by atoms with van der Waals surface area (Å²) in [4.78, 5) is 39.5. The number of aromatic nitrogens is 3. The van der Waals surface area contributed by atoms with Gasteiger partial charge in [-0.1, -0.05) is 43.1 Å². The van der Waals surface area contributed by atoms with Crippen molar-refractivity contribution >= 4 is 46.1 Å². The highest BCUT2D eigenvalue weighted by Crippen LogP contribution is 2.45. The van der Waals surface area contributed by atoms with Crippen LogP contribution >= 0.6 is 23.2 Å². The summed E-state index contributed by atoms with van der Waals surface area (Å²) in [6.07, 6.45) is 4.78. The fourth-order valence-electron chi connectivity index (χ4n) is 5.10. The van der Waals surface area contributed by atoms with Gasteiger partial charge in [0, 0.05) is 75.6 Å². The van der Waals surface area contributed by atoms with Crippen molar-refractivity contribution in [3.8, 4) is 22.6 Å². The van der Waals surface area contributed by atoms with Crippen molar-refractivity contribution in [1.82, 2.24) is 24.3 Å². The Labute approximate surface area is 267 Å². The minimum absolute atomic E-state index is 0.0967. The quantitative estimate of drug-likeness (QED) is 0.174. The molecule has 1 amide bonds. The molecule has 3 aromatic rings. The van der Waals surface area contributed by atoms with Crippen molar-refractivity contribution in [1.29, 1.82) is 0 Å². The van der Waals surface area contributed by atoms with Gasteiger partial charge in [-0.3, -0.25) is 19.1 Å². The smallest absolute Gasteiger partial charge is 0.260 e. The third-order valence-corrected chi connectivity index (χ3v) is 8.35. The van der Waals surface area contributed by atoms with Gasteiger partial charge in [-0.25, -0.2) is 4.98 Å². The summed E-state index contributed by atoms with van der Waals surface area (Å²) >= 11 is 13.7. The van der Waals surface area contributed by atoms with Crippen molar-refractivity contribution in [2.24, 2.45) is 0 Å². The van der Waals surface area contributed by atoms with E-state index in [-0.39, 0.29) is 33.1 Å². The molecule has 238 valence electrons. The van der Waals surface area contributed by atoms with Gasteiger partial charge in [-0.2, -0.15) is 4.98 Å². The molecule has 0 unspecified atom stereocenters. The van der Waals surface area contributed by atoms with Crippen molar-refractivity contribution in [2.75, 3.05) is 65.5 Å². The van der Waals surface area contributed by atoms with Gasteiger partial charge in [0.15, 0.2) is 0 Å². The zero-order valence-corrected chi connectivity index (χ0v) is 27.2. The van der Waals surface area contributed by atoms with E-state index in [0.29, 0.717) is 86.5 Å². The minimum atomic E-state index is -0.320. The Balaban J connectivity index is 1.80. The first kappa shape index (κ1) is 33.5. The van der Waals surface area contributed by atoms with Crippen LogP contribution in [-0.2, 0) is 16.1 Å². The fraction of sp³-hybridized carbons (Fsp3) is 0.484. The summed E-state index contributed by atoms with van der Waals surface area (Å²) in [7, 11) is 3.15. The Hall–Kier alpha value is -3.38. The maximum Gasteiger partial charge on any atom is 0.260 e. The number of carbonyl (C=O) groups is 1. The second kappa shape index (κ2) is 15.6. The molecule has 1 aliphatic heterocycles. The van der Waals surface area contributed by atoms with E-state index >= 15 is 0 Å². The van der Waals surface area contributed by atoms with E-state index in [2.05, 4.69) is 28.7 Å². The van der Waals surface area contributed by atoms with E-state index in [1.165, 1.54) is 13.2 Å². The Morgan fingerprint density at radius 3 is 2.57 bits per heavy atom. The maximum atomic E-state index is 14.4. The van der Waals surface area contributed by atoms with Gasteiger partial charge in [0.1, 0.15) is 17.1 Å². The molecule has 2 aromatic heterocycles. The van der Waals surface area contributed by atoms with Gasteiger partial charge in [0.2, 0.25) is 11.9 Å². The second-order valence-electron chi connectivity index (χ2n) is 10.4. The summed E-state index contributed by atoms with van der Waals surface area (Å²) in [5.41, 5.74) is 0.757. The number of hydrogen-bond acceptors (Lipinski definition) is 9. The molecular formula is C31H40Cl2N6O5. The van der Waals surface area contributed by atoms with Crippen molar-refractivity contribution in [3.63, 3.8) is 0 Å². The van der Waals surface area contributed by atoms with Crippen LogP contribution in [0.1, 0.15) is 26.7 Å². The third kappa shape index (κ3) is 7.28. The number of nitrogens with one attached hydrogen (secondary N) is 1. The van der Waals surface area contributed by atoms with Crippen LogP contribution < -0.4 is 20.3 Å². The van der Waals surface area contributed by atoms with E-state index in [4.69, 9.17) is 42.4 Å². The molecule has 11 nitrogen and oxygen atoms in total. The van der Waals surface area contributed by atoms with Gasteiger partial charge in [0.25, 0.3) is 5.56 Å². The maximum absolute atomic E-state index is 14.4. The van der Waals surface area contributed by atoms with Crippen molar-refractivity contribution < 1.29 is 19.0 Å². The number of unbranched alkanes of at least 4 members (excludes halogenated alkanes) is 1. The predicted octanol–water partition coefficient (Wildman–Crippen LogP) is 4.73. The molecule has 0 radical (unpaired) electrons. The van der Waals surface area contributed by atoms with Crippen LogP contribution in [0.25, 0.3) is 22.2 Å². The predicted molar refractivity (Wildman–Crippen MR) is 174 cm³/mol. The Kier molecular flexibility index (Phi) is 11.9. The van der Waals surface area contributed by atoms with E-state index < -0.39 is 0 Å². The molecule has 1 aliphatic rings. The summed E-state index contributed by atoms with van der Waals surface area (Å²) < 4.78 is 18.5. The molecule has 0 saturated carbocycles. The Morgan fingerprint density at radius 1 is 1.16 bits per heavy atom. The third-order valence-electron chi connectivity index (χ3n) is 7.60. The number of rotatable bonds is 16. The molecule has 1 N–H and O–H groups in total. The van der Waals surface area contributed by atoms with Gasteiger partial charge in [-0.15, -0.1) is 0 Å². The number of methoxy groups -OCH3 is 2. The zero-order chi connectivity index (χ0) is 31.8. The zero-order valence-electron chi connectivity index (χ0n) is 25.7. The number of likely N-dealkylation sites (tertiary alicyclic amines) is 1. The minimum Gasteiger partial charge on any atom is -0.495 e. The average molecular weight is 648 g/mol. The number of fused-ring (bicyclic) bond motifs is 1. The van der Waals surface area contributed by atoms with Gasteiger partial charge in [0.05, 0.1) is 35.9 Å². The molecule has 3 heterocycles. The first-order valence-corrected chi connectivity index (χ1v) is 15.5. The molecule has 1 fully saturated rings. The molecule has 1 aromatic carbocycles. The topological polar surface area (TPSA) is 111 Å². The number of amides is 1. The Bertz CT molecular complexity index is 1540. The summed E-state index contributed by atoms with van der Waals surface area (Å²) in [6.45, 7) is 11.8. The van der Waals surface area contributed by atoms with Crippen LogP contribution in [-0.4, -0.2) is 96.4 Å². The van der Waals surface area contributed by atoms with Crippen LogP contribution in [0.5, 0.6) is 11.5 Å². The molecule has 1 saturated heterocycles. The molecule has 0 atom stereocenters. The van der Waals surface area contributed by atoms with Gasteiger partial charge >= 0.3 is 0 Å². The number of hydrogen-bond donors (Lipinski definition) is 1. The van der Waals surface area contributed by atoms with E-state index in [9.17, 15) is 9.59 Å². The monoisotopic (exact) mass is 646 g/mol. The molecular weight excluding hydrogens is 607 g/mol. The lowest BCUT2D eigenvalue weighted by Gasteiger charge is -2.45. The number of benzene rings is 1. The van der Waals surface area contributed by atoms with Gasteiger partial charge < -0.3 is 24.4 Å². The van der Waals surface area contributed by atoms with Crippen LogP contribution in [0.15, 0.2) is 35.8 Å². The highest BCUT2D eigenvalue weighted by Gasteiger charge is 2.34. The standard InChI is InChI=1S/C31H40Cl2N6O5/c1-6-9-13-44-24-16-23(43-5)27(32)26(28(24)33)22-15-20-17-35-31(34-8-3)36-29(20)39(30(22)41)11-10-37(12-14-42-4)21-18-38(19-21)25(40)7-2/h7,15-17,21H,2,6,8-14,18-19H2,1,3-5H3,(H,34,35,36). The number of halogens is 2. The number of anilines is 1. The average Bonchev–Trinajstić information content (AvgIpc) is 2.99. The van der Waals surface area contributed by atoms with Crippen molar-refractivity contribution in [2.45, 2.75) is 39.3 Å². The highest BCUT2D eigenvalue weighted by atomic mass is 35.5.